The number of hydrogen-bond donors (Lipinski definition) is 1. The van der Waals surface area contributed by atoms with E-state index in [4.69, 9.17) is 10.5 Å². The third-order valence-corrected chi connectivity index (χ3v) is 3.85. The van der Waals surface area contributed by atoms with Gasteiger partial charge in [0, 0.05) is 32.3 Å². The molecule has 1 aromatic rings. The summed E-state index contributed by atoms with van der Waals surface area (Å²) in [5.41, 5.74) is 7.56. The molecule has 0 unspecified atom stereocenters. The third-order valence-electron chi connectivity index (χ3n) is 3.85. The lowest BCUT2D eigenvalue weighted by Crippen LogP contribution is -2.36. The van der Waals surface area contributed by atoms with Crippen molar-refractivity contribution >= 4 is 11.6 Å². The minimum atomic E-state index is 0.201. The lowest BCUT2D eigenvalue weighted by Gasteiger charge is -2.35. The van der Waals surface area contributed by atoms with Crippen LogP contribution in [0.15, 0.2) is 24.3 Å². The van der Waals surface area contributed by atoms with Crippen LogP contribution in [-0.2, 0) is 16.1 Å². The number of hydrogen-bond acceptors (Lipinski definition) is 3. The zero-order chi connectivity index (χ0) is 14.5. The van der Waals surface area contributed by atoms with Crippen molar-refractivity contribution < 1.29 is 9.53 Å². The number of anilines is 1. The van der Waals surface area contributed by atoms with E-state index < -0.39 is 0 Å². The maximum atomic E-state index is 12.2. The summed E-state index contributed by atoms with van der Waals surface area (Å²) in [5.74, 6) is 0.690. The van der Waals surface area contributed by atoms with Gasteiger partial charge in [-0.15, -0.1) is 0 Å². The number of amides is 1. The Balaban J connectivity index is 1.75. The van der Waals surface area contributed by atoms with Crippen LogP contribution in [0.2, 0.25) is 0 Å². The van der Waals surface area contributed by atoms with Crippen LogP contribution >= 0.6 is 0 Å². The number of nitrogen functional groups attached to an aromatic ring is 1. The Kier molecular flexibility index (Phi) is 5.01. The molecule has 2 N–H and O–H groups in total. The highest BCUT2D eigenvalue weighted by atomic mass is 16.5. The van der Waals surface area contributed by atoms with Crippen molar-refractivity contribution in [3.8, 4) is 0 Å². The van der Waals surface area contributed by atoms with E-state index in [0.717, 1.165) is 30.7 Å². The Labute approximate surface area is 120 Å². The fourth-order valence-corrected chi connectivity index (χ4v) is 2.67. The summed E-state index contributed by atoms with van der Waals surface area (Å²) in [7, 11) is 1.85. The molecule has 1 aliphatic rings. The molecule has 1 aromatic carbocycles. The Bertz CT molecular complexity index is 456. The molecule has 1 aliphatic carbocycles. The van der Waals surface area contributed by atoms with Gasteiger partial charge in [0.25, 0.3) is 0 Å². The number of carbonyl (C=O) groups excluding carboxylic acids is 1. The first-order valence-corrected chi connectivity index (χ1v) is 7.28. The smallest absolute Gasteiger partial charge is 0.222 e. The number of benzene rings is 1. The Morgan fingerprint density at radius 3 is 2.85 bits per heavy atom. The van der Waals surface area contributed by atoms with Crippen molar-refractivity contribution in [2.75, 3.05) is 19.4 Å². The summed E-state index contributed by atoms with van der Waals surface area (Å²) in [4.78, 5) is 13.9. The molecule has 0 radical (unpaired) electrons. The van der Waals surface area contributed by atoms with Crippen LogP contribution in [0.5, 0.6) is 0 Å². The zero-order valence-electron chi connectivity index (χ0n) is 12.3. The monoisotopic (exact) mass is 276 g/mol. The standard InChI is InChI=1S/C16H24N2O2/c1-3-20-15-8-13(9-15)10-16(19)18(2)11-12-5-4-6-14(17)7-12/h4-7,13,15H,3,8-11,17H2,1-2H3. The topological polar surface area (TPSA) is 55.6 Å². The molecule has 1 fully saturated rings. The molecule has 110 valence electrons. The highest BCUT2D eigenvalue weighted by molar-refractivity contribution is 5.76. The van der Waals surface area contributed by atoms with E-state index in [1.165, 1.54) is 0 Å². The van der Waals surface area contributed by atoms with Gasteiger partial charge < -0.3 is 15.4 Å². The molecule has 0 atom stereocenters. The molecule has 20 heavy (non-hydrogen) atoms. The molecular weight excluding hydrogens is 252 g/mol. The second-order valence-corrected chi connectivity index (χ2v) is 5.61. The molecule has 0 spiro atoms. The predicted octanol–water partition coefficient (Wildman–Crippen LogP) is 2.43. The van der Waals surface area contributed by atoms with Crippen LogP contribution in [0, 0.1) is 5.92 Å². The van der Waals surface area contributed by atoms with E-state index in [1.807, 2.05) is 38.2 Å². The van der Waals surface area contributed by atoms with Gasteiger partial charge in [-0.1, -0.05) is 12.1 Å². The summed E-state index contributed by atoms with van der Waals surface area (Å²) in [6.45, 7) is 3.39. The van der Waals surface area contributed by atoms with Crippen LogP contribution in [0.25, 0.3) is 0 Å². The molecule has 1 saturated carbocycles. The normalized spacial score (nSPS) is 21.3. The summed E-state index contributed by atoms with van der Waals surface area (Å²) in [6, 6.07) is 7.68. The second kappa shape index (κ2) is 6.75. The molecule has 1 amide bonds. The fraction of sp³-hybridized carbons (Fsp3) is 0.562. The summed E-state index contributed by atoms with van der Waals surface area (Å²) in [5, 5.41) is 0. The van der Waals surface area contributed by atoms with E-state index >= 15 is 0 Å². The van der Waals surface area contributed by atoms with Crippen molar-refractivity contribution in [2.45, 2.75) is 38.8 Å². The van der Waals surface area contributed by atoms with Crippen molar-refractivity contribution in [1.29, 1.82) is 0 Å². The number of carbonyl (C=O) groups is 1. The minimum absolute atomic E-state index is 0.201. The number of nitrogens with zero attached hydrogens (tertiary/aromatic N) is 1. The van der Waals surface area contributed by atoms with E-state index in [9.17, 15) is 4.79 Å². The van der Waals surface area contributed by atoms with Crippen molar-refractivity contribution in [2.24, 2.45) is 5.92 Å². The maximum absolute atomic E-state index is 12.2. The van der Waals surface area contributed by atoms with Crippen molar-refractivity contribution in [1.82, 2.24) is 4.90 Å². The van der Waals surface area contributed by atoms with E-state index in [1.54, 1.807) is 4.90 Å². The van der Waals surface area contributed by atoms with Crippen LogP contribution in [0.3, 0.4) is 0 Å². The highest BCUT2D eigenvalue weighted by Gasteiger charge is 2.31. The Hall–Kier alpha value is -1.55. The van der Waals surface area contributed by atoms with Gasteiger partial charge in [0.05, 0.1) is 6.10 Å². The lowest BCUT2D eigenvalue weighted by molar-refractivity contribution is -0.133. The van der Waals surface area contributed by atoms with Gasteiger partial charge in [0.15, 0.2) is 0 Å². The minimum Gasteiger partial charge on any atom is -0.399 e. The maximum Gasteiger partial charge on any atom is 0.222 e. The molecular formula is C16H24N2O2. The van der Waals surface area contributed by atoms with Crippen LogP contribution in [0.4, 0.5) is 5.69 Å². The van der Waals surface area contributed by atoms with E-state index in [-0.39, 0.29) is 5.91 Å². The van der Waals surface area contributed by atoms with E-state index in [2.05, 4.69) is 0 Å². The van der Waals surface area contributed by atoms with Crippen LogP contribution < -0.4 is 5.73 Å². The van der Waals surface area contributed by atoms with Crippen LogP contribution in [0.1, 0.15) is 31.7 Å². The van der Waals surface area contributed by atoms with Gasteiger partial charge >= 0.3 is 0 Å². The SMILES string of the molecule is CCOC1CC(CC(=O)N(C)Cc2cccc(N)c2)C1. The van der Waals surface area contributed by atoms with Gasteiger partial charge in [0.1, 0.15) is 0 Å². The van der Waals surface area contributed by atoms with Gasteiger partial charge in [-0.25, -0.2) is 0 Å². The quantitative estimate of drug-likeness (QED) is 0.812. The van der Waals surface area contributed by atoms with Gasteiger partial charge in [-0.3, -0.25) is 4.79 Å². The van der Waals surface area contributed by atoms with Gasteiger partial charge in [-0.05, 0) is 43.4 Å². The molecule has 0 aliphatic heterocycles. The highest BCUT2D eigenvalue weighted by Crippen LogP contribution is 2.33. The molecule has 0 aromatic heterocycles. The fourth-order valence-electron chi connectivity index (χ4n) is 2.67. The number of rotatable bonds is 6. The summed E-state index contributed by atoms with van der Waals surface area (Å²) in [6.07, 6.45) is 3.04. The van der Waals surface area contributed by atoms with Gasteiger partial charge in [-0.2, -0.15) is 0 Å². The van der Waals surface area contributed by atoms with Gasteiger partial charge in [0.2, 0.25) is 5.91 Å². The largest absolute Gasteiger partial charge is 0.399 e. The molecule has 0 bridgehead atoms. The lowest BCUT2D eigenvalue weighted by atomic mass is 9.80. The molecule has 2 rings (SSSR count). The average Bonchev–Trinajstić information content (AvgIpc) is 2.36. The molecule has 0 heterocycles. The third kappa shape index (κ3) is 3.97. The van der Waals surface area contributed by atoms with Crippen molar-refractivity contribution in [3.05, 3.63) is 29.8 Å². The molecule has 0 saturated heterocycles. The zero-order valence-corrected chi connectivity index (χ0v) is 12.3. The summed E-state index contributed by atoms with van der Waals surface area (Å²) >= 11 is 0. The Morgan fingerprint density at radius 2 is 2.20 bits per heavy atom. The predicted molar refractivity (Wildman–Crippen MR) is 80.1 cm³/mol. The first-order valence-electron chi connectivity index (χ1n) is 7.28. The van der Waals surface area contributed by atoms with Crippen LogP contribution in [-0.4, -0.2) is 30.6 Å². The second-order valence-electron chi connectivity index (χ2n) is 5.61. The summed E-state index contributed by atoms with van der Waals surface area (Å²) < 4.78 is 5.52. The number of nitrogens with two attached hydrogens (primary N) is 1. The average molecular weight is 276 g/mol. The van der Waals surface area contributed by atoms with Crippen molar-refractivity contribution in [3.63, 3.8) is 0 Å². The first kappa shape index (κ1) is 14.9. The first-order chi connectivity index (χ1) is 9.58. The molecule has 4 heteroatoms. The number of ether oxygens (including phenoxy) is 1. The Morgan fingerprint density at radius 1 is 1.45 bits per heavy atom. The van der Waals surface area contributed by atoms with E-state index in [0.29, 0.717) is 25.0 Å². The molecule has 4 nitrogen and oxygen atoms in total.